The van der Waals surface area contributed by atoms with Gasteiger partial charge in [-0.15, -0.1) is 13.2 Å². The Hall–Kier alpha value is -2.06. The van der Waals surface area contributed by atoms with Crippen molar-refractivity contribution in [1.82, 2.24) is 15.1 Å². The fraction of sp³-hybridized carbons (Fsp3) is 0.400. The first kappa shape index (κ1) is 17.3. The quantitative estimate of drug-likeness (QED) is 0.766. The normalized spacial score (nSPS) is 13.1. The third-order valence-corrected chi connectivity index (χ3v) is 3.12. The fourth-order valence-corrected chi connectivity index (χ4v) is 2.03. The Morgan fingerprint density at radius 3 is 2.57 bits per heavy atom. The molecule has 2 aromatic rings. The molecule has 0 fully saturated rings. The molecule has 1 atom stereocenters. The number of halogens is 3. The third-order valence-electron chi connectivity index (χ3n) is 3.12. The first-order valence-electron chi connectivity index (χ1n) is 7.07. The van der Waals surface area contributed by atoms with E-state index in [4.69, 9.17) is 0 Å². The molecule has 0 bridgehead atoms. The van der Waals surface area contributed by atoms with Crippen LogP contribution in [0.5, 0.6) is 5.75 Å². The van der Waals surface area contributed by atoms with Crippen LogP contribution in [0.25, 0.3) is 0 Å². The van der Waals surface area contributed by atoms with E-state index in [1.807, 2.05) is 13.1 Å². The number of aliphatic hydroxyl groups excluding tert-OH is 1. The van der Waals surface area contributed by atoms with Gasteiger partial charge in [0, 0.05) is 19.3 Å². The molecule has 0 saturated heterocycles. The predicted octanol–water partition coefficient (Wildman–Crippen LogP) is 2.41. The van der Waals surface area contributed by atoms with Gasteiger partial charge < -0.3 is 15.2 Å². The molecule has 0 spiro atoms. The SMILES string of the molecule is Cc1cnn(CCNC[C@@H](O)c2ccc(OC(F)(F)F)cc2)c1. The Bertz CT molecular complexity index is 611. The van der Waals surface area contributed by atoms with Gasteiger partial charge in [0.15, 0.2) is 0 Å². The van der Waals surface area contributed by atoms with Gasteiger partial charge in [-0.05, 0) is 30.2 Å². The Morgan fingerprint density at radius 1 is 1.30 bits per heavy atom. The molecule has 1 aromatic heterocycles. The van der Waals surface area contributed by atoms with Gasteiger partial charge in [0.2, 0.25) is 0 Å². The summed E-state index contributed by atoms with van der Waals surface area (Å²) in [6.45, 7) is 3.53. The van der Waals surface area contributed by atoms with E-state index in [-0.39, 0.29) is 5.75 Å². The minimum absolute atomic E-state index is 0.291. The molecule has 1 heterocycles. The molecule has 0 unspecified atom stereocenters. The summed E-state index contributed by atoms with van der Waals surface area (Å²) in [4.78, 5) is 0. The van der Waals surface area contributed by atoms with Gasteiger partial charge in [-0.25, -0.2) is 0 Å². The summed E-state index contributed by atoms with van der Waals surface area (Å²) in [5, 5.41) is 17.2. The van der Waals surface area contributed by atoms with Crippen molar-refractivity contribution in [2.45, 2.75) is 25.9 Å². The third kappa shape index (κ3) is 5.91. The van der Waals surface area contributed by atoms with Crippen LogP contribution in [0.15, 0.2) is 36.7 Å². The van der Waals surface area contributed by atoms with Gasteiger partial charge in [-0.2, -0.15) is 5.10 Å². The van der Waals surface area contributed by atoms with Gasteiger partial charge in [-0.3, -0.25) is 4.68 Å². The summed E-state index contributed by atoms with van der Waals surface area (Å²) in [5.74, 6) is -0.310. The lowest BCUT2D eigenvalue weighted by Crippen LogP contribution is -2.25. The van der Waals surface area contributed by atoms with Gasteiger partial charge in [0.05, 0.1) is 18.8 Å². The number of ether oxygens (including phenoxy) is 1. The fourth-order valence-electron chi connectivity index (χ4n) is 2.03. The van der Waals surface area contributed by atoms with E-state index in [1.165, 1.54) is 24.3 Å². The highest BCUT2D eigenvalue weighted by Crippen LogP contribution is 2.24. The van der Waals surface area contributed by atoms with Crippen molar-refractivity contribution in [3.05, 3.63) is 47.8 Å². The number of hydrogen-bond donors (Lipinski definition) is 2. The number of alkyl halides is 3. The van der Waals surface area contributed by atoms with Crippen molar-refractivity contribution in [1.29, 1.82) is 0 Å². The zero-order valence-corrected chi connectivity index (χ0v) is 12.5. The summed E-state index contributed by atoms with van der Waals surface area (Å²) in [6, 6.07) is 5.17. The maximum Gasteiger partial charge on any atom is 0.573 e. The van der Waals surface area contributed by atoms with Crippen LogP contribution in [0.2, 0.25) is 0 Å². The second kappa shape index (κ2) is 7.47. The van der Waals surface area contributed by atoms with Crippen LogP contribution < -0.4 is 10.1 Å². The van der Waals surface area contributed by atoms with Crippen LogP contribution in [0.4, 0.5) is 13.2 Å². The van der Waals surface area contributed by atoms with Crippen molar-refractivity contribution < 1.29 is 23.0 Å². The lowest BCUT2D eigenvalue weighted by Gasteiger charge is -2.14. The van der Waals surface area contributed by atoms with Crippen molar-refractivity contribution in [2.75, 3.05) is 13.1 Å². The molecule has 23 heavy (non-hydrogen) atoms. The summed E-state index contributed by atoms with van der Waals surface area (Å²) < 4.78 is 41.7. The molecular weight excluding hydrogens is 311 g/mol. The number of nitrogens with one attached hydrogen (secondary N) is 1. The number of benzene rings is 1. The summed E-state index contributed by atoms with van der Waals surface area (Å²) in [5.41, 5.74) is 1.59. The van der Waals surface area contributed by atoms with Crippen molar-refractivity contribution in [3.63, 3.8) is 0 Å². The average molecular weight is 329 g/mol. The number of aliphatic hydroxyl groups is 1. The smallest absolute Gasteiger partial charge is 0.406 e. The van der Waals surface area contributed by atoms with E-state index < -0.39 is 12.5 Å². The summed E-state index contributed by atoms with van der Waals surface area (Å²) in [6.07, 6.45) is -1.85. The highest BCUT2D eigenvalue weighted by Gasteiger charge is 2.31. The molecule has 1 aromatic carbocycles. The molecule has 126 valence electrons. The van der Waals surface area contributed by atoms with Crippen molar-refractivity contribution in [3.8, 4) is 5.75 Å². The van der Waals surface area contributed by atoms with Crippen LogP contribution in [0.3, 0.4) is 0 Å². The van der Waals surface area contributed by atoms with Crippen molar-refractivity contribution >= 4 is 0 Å². The van der Waals surface area contributed by atoms with Gasteiger partial charge in [0.1, 0.15) is 5.75 Å². The largest absolute Gasteiger partial charge is 0.573 e. The molecular formula is C15H18F3N3O2. The van der Waals surface area contributed by atoms with E-state index >= 15 is 0 Å². The van der Waals surface area contributed by atoms with Crippen LogP contribution in [0.1, 0.15) is 17.2 Å². The molecule has 0 aliphatic rings. The van der Waals surface area contributed by atoms with Crippen LogP contribution in [-0.2, 0) is 6.54 Å². The molecule has 0 aliphatic heterocycles. The number of rotatable bonds is 7. The van der Waals surface area contributed by atoms with Crippen molar-refractivity contribution in [2.24, 2.45) is 0 Å². The number of hydrogen-bond acceptors (Lipinski definition) is 4. The van der Waals surface area contributed by atoms with Gasteiger partial charge >= 0.3 is 6.36 Å². The lowest BCUT2D eigenvalue weighted by molar-refractivity contribution is -0.274. The van der Waals surface area contributed by atoms with Gasteiger partial charge in [0.25, 0.3) is 0 Å². The standard InChI is InChI=1S/C15H18F3N3O2/c1-11-8-20-21(10-11)7-6-19-9-14(22)12-2-4-13(5-3-12)23-15(16,17)18/h2-5,8,10,14,19,22H,6-7,9H2,1H3/t14-/m1/s1. The molecule has 2 N–H and O–H groups in total. The van der Waals surface area contributed by atoms with Gasteiger partial charge in [-0.1, -0.05) is 12.1 Å². The highest BCUT2D eigenvalue weighted by atomic mass is 19.4. The average Bonchev–Trinajstić information content (AvgIpc) is 2.88. The molecule has 8 heteroatoms. The Labute approximate surface area is 131 Å². The second-order valence-electron chi connectivity index (χ2n) is 5.12. The Balaban J connectivity index is 1.75. The maximum atomic E-state index is 12.1. The molecule has 0 saturated carbocycles. The molecule has 2 rings (SSSR count). The van der Waals surface area contributed by atoms with Crippen LogP contribution >= 0.6 is 0 Å². The molecule has 0 amide bonds. The summed E-state index contributed by atoms with van der Waals surface area (Å²) >= 11 is 0. The first-order valence-corrected chi connectivity index (χ1v) is 7.07. The highest BCUT2D eigenvalue weighted by molar-refractivity contribution is 5.28. The van der Waals surface area contributed by atoms with E-state index in [0.717, 1.165) is 5.56 Å². The molecule has 5 nitrogen and oxygen atoms in total. The monoisotopic (exact) mass is 329 g/mol. The molecule has 0 radical (unpaired) electrons. The zero-order chi connectivity index (χ0) is 16.9. The zero-order valence-electron chi connectivity index (χ0n) is 12.5. The number of nitrogens with zero attached hydrogens (tertiary/aromatic N) is 2. The minimum Gasteiger partial charge on any atom is -0.406 e. The Morgan fingerprint density at radius 2 is 2.00 bits per heavy atom. The van der Waals surface area contributed by atoms with Crippen LogP contribution in [0, 0.1) is 6.92 Å². The van der Waals surface area contributed by atoms with E-state index in [9.17, 15) is 18.3 Å². The Kier molecular flexibility index (Phi) is 5.62. The van der Waals surface area contributed by atoms with Crippen LogP contribution in [-0.4, -0.2) is 34.3 Å². The van der Waals surface area contributed by atoms with E-state index in [2.05, 4.69) is 15.2 Å². The molecule has 0 aliphatic carbocycles. The second-order valence-corrected chi connectivity index (χ2v) is 5.12. The number of aryl methyl sites for hydroxylation is 1. The lowest BCUT2D eigenvalue weighted by atomic mass is 10.1. The first-order chi connectivity index (χ1) is 10.8. The topological polar surface area (TPSA) is 59.3 Å². The number of aromatic nitrogens is 2. The van der Waals surface area contributed by atoms with E-state index in [1.54, 1.807) is 10.9 Å². The van der Waals surface area contributed by atoms with E-state index in [0.29, 0.717) is 25.2 Å². The minimum atomic E-state index is -4.72. The predicted molar refractivity (Wildman–Crippen MR) is 77.9 cm³/mol. The maximum absolute atomic E-state index is 12.1. The summed E-state index contributed by atoms with van der Waals surface area (Å²) in [7, 11) is 0.